The highest BCUT2D eigenvalue weighted by molar-refractivity contribution is 5.93. The van der Waals surface area contributed by atoms with Gasteiger partial charge in [-0.15, -0.1) is 0 Å². The van der Waals surface area contributed by atoms with E-state index >= 15 is 0 Å². The van der Waals surface area contributed by atoms with E-state index in [0.717, 1.165) is 4.90 Å². The van der Waals surface area contributed by atoms with Crippen LogP contribution in [0.1, 0.15) is 56.8 Å². The molecule has 0 saturated heterocycles. The van der Waals surface area contributed by atoms with E-state index in [1.807, 2.05) is 0 Å². The zero-order valence-corrected chi connectivity index (χ0v) is 24.7. The lowest BCUT2D eigenvalue weighted by Gasteiger charge is -2.34. The van der Waals surface area contributed by atoms with Crippen LogP contribution in [0.5, 0.6) is 11.5 Å². The molecule has 42 heavy (non-hydrogen) atoms. The van der Waals surface area contributed by atoms with Gasteiger partial charge in [-0.25, -0.2) is 4.79 Å². The monoisotopic (exact) mass is 587 g/mol. The number of hydrogen-bond acceptors (Lipinski definition) is 9. The van der Waals surface area contributed by atoms with Crippen molar-refractivity contribution in [3.8, 4) is 11.5 Å². The van der Waals surface area contributed by atoms with Crippen molar-refractivity contribution in [3.05, 3.63) is 59.2 Å². The van der Waals surface area contributed by atoms with Gasteiger partial charge in [0.1, 0.15) is 29.2 Å². The fraction of sp³-hybridized carbons (Fsp3) is 0.467. The first-order valence-corrected chi connectivity index (χ1v) is 13.7. The molecule has 2 atom stereocenters. The Morgan fingerprint density at radius 2 is 1.69 bits per heavy atom. The van der Waals surface area contributed by atoms with E-state index in [2.05, 4.69) is 10.6 Å². The zero-order chi connectivity index (χ0) is 31.4. The molecule has 0 aromatic heterocycles. The standard InChI is InChI=1S/C30H41N3O9/c1-6-41-24(36)14-15-31-27(38)25(22-9-7-8-19(2)26(22)37)33(16-17-34)28(39)23(32-29(40)42-30(3,4)5)18-20-10-12-21(35)13-11-20/h7-13,23,25,34-35,37H,6,14-18H2,1-5H3,(H,31,38)(H,32,40). The average Bonchev–Trinajstić information content (AvgIpc) is 2.90. The third-order valence-electron chi connectivity index (χ3n) is 6.05. The number of aliphatic hydroxyl groups is 1. The van der Waals surface area contributed by atoms with E-state index < -0.39 is 48.2 Å². The first-order chi connectivity index (χ1) is 19.8. The highest BCUT2D eigenvalue weighted by Crippen LogP contribution is 2.32. The number of alkyl carbamates (subject to hydrolysis) is 1. The number of aryl methyl sites for hydroxylation is 1. The maximum Gasteiger partial charge on any atom is 0.408 e. The van der Waals surface area contributed by atoms with Crippen LogP contribution in [-0.4, -0.2) is 82.0 Å². The van der Waals surface area contributed by atoms with Gasteiger partial charge in [-0.05, 0) is 57.9 Å². The van der Waals surface area contributed by atoms with Crippen LogP contribution >= 0.6 is 0 Å². The van der Waals surface area contributed by atoms with Gasteiger partial charge >= 0.3 is 12.1 Å². The Balaban J connectivity index is 2.52. The summed E-state index contributed by atoms with van der Waals surface area (Å²) in [6, 6.07) is 8.03. The molecule has 0 bridgehead atoms. The number of carbonyl (C=O) groups is 4. The van der Waals surface area contributed by atoms with Crippen molar-refractivity contribution >= 4 is 23.9 Å². The highest BCUT2D eigenvalue weighted by atomic mass is 16.6. The lowest BCUT2D eigenvalue weighted by Crippen LogP contribution is -2.54. The first kappa shape index (κ1) is 33.9. The van der Waals surface area contributed by atoms with E-state index in [4.69, 9.17) is 9.47 Å². The fourth-order valence-corrected chi connectivity index (χ4v) is 4.16. The van der Waals surface area contributed by atoms with Crippen LogP contribution in [0.15, 0.2) is 42.5 Å². The van der Waals surface area contributed by atoms with Crippen LogP contribution < -0.4 is 10.6 Å². The van der Waals surface area contributed by atoms with Crippen LogP contribution in [0.3, 0.4) is 0 Å². The summed E-state index contributed by atoms with van der Waals surface area (Å²) >= 11 is 0. The second kappa shape index (κ2) is 15.6. The predicted molar refractivity (Wildman–Crippen MR) is 154 cm³/mol. The molecule has 2 rings (SSSR count). The second-order valence-electron chi connectivity index (χ2n) is 10.6. The molecule has 2 unspecified atom stereocenters. The molecule has 5 N–H and O–H groups in total. The van der Waals surface area contributed by atoms with Crippen LogP contribution in [0, 0.1) is 6.92 Å². The van der Waals surface area contributed by atoms with Crippen LogP contribution in [0.2, 0.25) is 0 Å². The molecule has 12 heteroatoms. The molecule has 0 saturated carbocycles. The molecule has 0 fully saturated rings. The lowest BCUT2D eigenvalue weighted by atomic mass is 9.98. The number of phenols is 2. The molecule has 2 aromatic carbocycles. The van der Waals surface area contributed by atoms with Gasteiger partial charge in [0.05, 0.1) is 19.6 Å². The minimum Gasteiger partial charge on any atom is -0.508 e. The van der Waals surface area contributed by atoms with Crippen LogP contribution in [0.4, 0.5) is 4.79 Å². The number of amides is 3. The van der Waals surface area contributed by atoms with Gasteiger partial charge in [-0.1, -0.05) is 30.3 Å². The van der Waals surface area contributed by atoms with Crippen LogP contribution in [0.25, 0.3) is 0 Å². The smallest absolute Gasteiger partial charge is 0.408 e. The Bertz CT molecular complexity index is 1230. The predicted octanol–water partition coefficient (Wildman–Crippen LogP) is 2.47. The average molecular weight is 588 g/mol. The second-order valence-corrected chi connectivity index (χ2v) is 10.6. The van der Waals surface area contributed by atoms with Crippen LogP contribution in [-0.2, 0) is 30.3 Å². The quantitative estimate of drug-likeness (QED) is 0.221. The molecule has 230 valence electrons. The third kappa shape index (κ3) is 10.3. The van der Waals surface area contributed by atoms with E-state index in [1.165, 1.54) is 18.2 Å². The largest absolute Gasteiger partial charge is 0.508 e. The van der Waals surface area contributed by atoms with Crippen molar-refractivity contribution in [2.45, 2.75) is 65.1 Å². The Hall–Kier alpha value is -4.32. The number of phenolic OH excluding ortho intramolecular Hbond substituents is 2. The molecule has 0 aliphatic carbocycles. The number of para-hydroxylation sites is 1. The number of ether oxygens (including phenoxy) is 2. The summed E-state index contributed by atoms with van der Waals surface area (Å²) in [5, 5.41) is 35.7. The van der Waals surface area contributed by atoms with E-state index in [0.29, 0.717) is 11.1 Å². The molecule has 3 amide bonds. The Morgan fingerprint density at radius 3 is 2.29 bits per heavy atom. The number of esters is 1. The SMILES string of the molecule is CCOC(=O)CCNC(=O)C(c1cccc(C)c1O)N(CCO)C(=O)C(Cc1ccc(O)cc1)NC(=O)OC(C)(C)C. The van der Waals surface area contributed by atoms with E-state index in [1.54, 1.807) is 58.9 Å². The molecular formula is C30H41N3O9. The van der Waals surface area contributed by atoms with Gasteiger partial charge in [0.15, 0.2) is 0 Å². The summed E-state index contributed by atoms with van der Waals surface area (Å²) in [4.78, 5) is 53.4. The maximum absolute atomic E-state index is 14.1. The normalized spacial score (nSPS) is 12.5. The Labute approximate surface area is 245 Å². The Kier molecular flexibility index (Phi) is 12.6. The molecule has 0 spiro atoms. The fourth-order valence-electron chi connectivity index (χ4n) is 4.16. The van der Waals surface area contributed by atoms with Gasteiger partial charge in [-0.3, -0.25) is 14.4 Å². The number of aromatic hydroxyl groups is 2. The third-order valence-corrected chi connectivity index (χ3v) is 6.05. The van der Waals surface area contributed by atoms with Gasteiger partial charge in [0.2, 0.25) is 11.8 Å². The number of benzene rings is 2. The number of carbonyl (C=O) groups excluding carboxylic acids is 4. The molecule has 0 heterocycles. The summed E-state index contributed by atoms with van der Waals surface area (Å²) in [7, 11) is 0. The van der Waals surface area contributed by atoms with Crippen molar-refractivity contribution in [2.24, 2.45) is 0 Å². The first-order valence-electron chi connectivity index (χ1n) is 13.7. The Morgan fingerprint density at radius 1 is 1.02 bits per heavy atom. The van der Waals surface area contributed by atoms with E-state index in [9.17, 15) is 34.5 Å². The lowest BCUT2D eigenvalue weighted by molar-refractivity contribution is -0.144. The van der Waals surface area contributed by atoms with E-state index in [-0.39, 0.29) is 49.6 Å². The van der Waals surface area contributed by atoms with Gasteiger partial charge < -0.3 is 40.3 Å². The summed E-state index contributed by atoms with van der Waals surface area (Å²) in [6.07, 6.45) is -1.04. The van der Waals surface area contributed by atoms with Gasteiger partial charge in [-0.2, -0.15) is 0 Å². The van der Waals surface area contributed by atoms with Crippen molar-refractivity contribution in [2.75, 3.05) is 26.3 Å². The molecular weight excluding hydrogens is 546 g/mol. The summed E-state index contributed by atoms with van der Waals surface area (Å²) in [5.41, 5.74) is 0.252. The van der Waals surface area contributed by atoms with Crippen molar-refractivity contribution < 1.29 is 44.0 Å². The molecule has 0 radical (unpaired) electrons. The topological polar surface area (TPSA) is 175 Å². The summed E-state index contributed by atoms with van der Waals surface area (Å²) < 4.78 is 10.3. The molecule has 0 aliphatic heterocycles. The molecule has 2 aromatic rings. The number of nitrogens with zero attached hydrogens (tertiary/aromatic N) is 1. The number of nitrogens with one attached hydrogen (secondary N) is 2. The summed E-state index contributed by atoms with van der Waals surface area (Å²) in [5.74, 6) is -2.20. The zero-order valence-electron chi connectivity index (χ0n) is 24.7. The highest BCUT2D eigenvalue weighted by Gasteiger charge is 2.37. The summed E-state index contributed by atoms with van der Waals surface area (Å²) in [6.45, 7) is 7.49. The van der Waals surface area contributed by atoms with Crippen molar-refractivity contribution in [1.29, 1.82) is 0 Å². The maximum atomic E-state index is 14.1. The minimum atomic E-state index is -1.44. The van der Waals surface area contributed by atoms with Gasteiger partial charge in [0.25, 0.3) is 0 Å². The number of rotatable bonds is 13. The van der Waals surface area contributed by atoms with Crippen molar-refractivity contribution in [3.63, 3.8) is 0 Å². The van der Waals surface area contributed by atoms with Crippen molar-refractivity contribution in [1.82, 2.24) is 15.5 Å². The minimum absolute atomic E-state index is 0.0121. The van der Waals surface area contributed by atoms with Gasteiger partial charge in [0, 0.05) is 25.1 Å². The number of hydrogen-bond donors (Lipinski definition) is 5. The molecule has 0 aliphatic rings. The molecule has 12 nitrogen and oxygen atoms in total. The number of aliphatic hydroxyl groups excluding tert-OH is 1.